The Morgan fingerprint density at radius 2 is 1.33 bits per heavy atom. The van der Waals surface area contributed by atoms with Gasteiger partial charge in [0.2, 0.25) is 0 Å². The molecule has 0 radical (unpaired) electrons. The Balaban J connectivity index is 1.76. The molecule has 0 atom stereocenters. The first kappa shape index (κ1) is 26.2. The van der Waals surface area contributed by atoms with Crippen molar-refractivity contribution in [3.63, 3.8) is 0 Å². The zero-order chi connectivity index (χ0) is 23.7. The highest BCUT2D eigenvalue weighted by Crippen LogP contribution is 2.18. The van der Waals surface area contributed by atoms with Gasteiger partial charge in [0, 0.05) is 6.08 Å². The Kier molecular flexibility index (Phi) is 12.4. The molecule has 0 saturated carbocycles. The third-order valence-electron chi connectivity index (χ3n) is 5.10. The number of carbonyl (C=O) groups excluding carboxylic acids is 2. The van der Waals surface area contributed by atoms with Gasteiger partial charge in [0.05, 0.1) is 18.8 Å². The van der Waals surface area contributed by atoms with Crippen LogP contribution in [0.4, 0.5) is 0 Å². The molecule has 2 rings (SSSR count). The fraction of sp³-hybridized carbons (Fsp3) is 0.429. The van der Waals surface area contributed by atoms with Gasteiger partial charge in [-0.05, 0) is 60.9 Å². The minimum absolute atomic E-state index is 0.351. The standard InChI is InChI=1S/C28H36O5/c1-3-5-7-9-21-31-25-18-14-24(15-19-25)28(30)33-26-16-11-23(12-17-26)13-20-27(29)32-22-10-8-6-4-2/h11-20H,3-10,21-22H2,1-2H3/b20-13+. The van der Waals surface area contributed by atoms with Gasteiger partial charge >= 0.3 is 11.9 Å². The van der Waals surface area contributed by atoms with E-state index in [0.29, 0.717) is 24.5 Å². The van der Waals surface area contributed by atoms with E-state index < -0.39 is 5.97 Å². The summed E-state index contributed by atoms with van der Waals surface area (Å²) in [5, 5.41) is 0. The normalized spacial score (nSPS) is 10.8. The van der Waals surface area contributed by atoms with Crippen molar-refractivity contribution in [2.24, 2.45) is 0 Å². The summed E-state index contributed by atoms with van der Waals surface area (Å²) in [5.74, 6) is 0.403. The van der Waals surface area contributed by atoms with Crippen molar-refractivity contribution in [3.8, 4) is 11.5 Å². The van der Waals surface area contributed by atoms with Crippen molar-refractivity contribution in [1.29, 1.82) is 0 Å². The Labute approximate surface area is 197 Å². The summed E-state index contributed by atoms with van der Waals surface area (Å²) in [6, 6.07) is 13.9. The molecule has 0 N–H and O–H groups in total. The molecule has 0 aliphatic heterocycles. The van der Waals surface area contributed by atoms with Gasteiger partial charge < -0.3 is 14.2 Å². The van der Waals surface area contributed by atoms with Crippen molar-refractivity contribution in [2.75, 3.05) is 13.2 Å². The van der Waals surface area contributed by atoms with Crippen LogP contribution < -0.4 is 9.47 Å². The topological polar surface area (TPSA) is 61.8 Å². The van der Waals surface area contributed by atoms with Gasteiger partial charge in [-0.1, -0.05) is 64.5 Å². The quantitative estimate of drug-likeness (QED) is 0.126. The lowest BCUT2D eigenvalue weighted by molar-refractivity contribution is -0.137. The van der Waals surface area contributed by atoms with E-state index in [1.54, 1.807) is 54.6 Å². The second-order valence-electron chi connectivity index (χ2n) is 7.95. The number of unbranched alkanes of at least 4 members (excludes halogenated alkanes) is 6. The van der Waals surface area contributed by atoms with Crippen LogP contribution in [0.5, 0.6) is 11.5 Å². The van der Waals surface area contributed by atoms with Gasteiger partial charge in [0.25, 0.3) is 0 Å². The van der Waals surface area contributed by atoms with Crippen LogP contribution in [-0.2, 0) is 9.53 Å². The highest BCUT2D eigenvalue weighted by atomic mass is 16.5. The highest BCUT2D eigenvalue weighted by molar-refractivity contribution is 5.91. The van der Waals surface area contributed by atoms with Crippen LogP contribution >= 0.6 is 0 Å². The van der Waals surface area contributed by atoms with Crippen LogP contribution in [0.25, 0.3) is 6.08 Å². The summed E-state index contributed by atoms with van der Waals surface area (Å²) in [5.41, 5.74) is 1.28. The number of benzene rings is 2. The molecule has 0 heterocycles. The predicted octanol–water partition coefficient (Wildman–Crippen LogP) is 7.00. The average Bonchev–Trinajstić information content (AvgIpc) is 2.83. The van der Waals surface area contributed by atoms with Gasteiger partial charge in [-0.15, -0.1) is 0 Å². The third kappa shape index (κ3) is 10.9. The van der Waals surface area contributed by atoms with E-state index in [1.807, 2.05) is 0 Å². The van der Waals surface area contributed by atoms with Gasteiger partial charge in [0.1, 0.15) is 11.5 Å². The van der Waals surface area contributed by atoms with Crippen molar-refractivity contribution in [3.05, 3.63) is 65.7 Å². The van der Waals surface area contributed by atoms with Crippen molar-refractivity contribution < 1.29 is 23.8 Å². The predicted molar refractivity (Wildman–Crippen MR) is 132 cm³/mol. The summed E-state index contributed by atoms with van der Waals surface area (Å²) in [6.45, 7) is 5.45. The van der Waals surface area contributed by atoms with E-state index in [0.717, 1.165) is 43.4 Å². The molecule has 0 unspecified atom stereocenters. The Hall–Kier alpha value is -3.08. The lowest BCUT2D eigenvalue weighted by atomic mass is 10.2. The van der Waals surface area contributed by atoms with E-state index >= 15 is 0 Å². The monoisotopic (exact) mass is 452 g/mol. The summed E-state index contributed by atoms with van der Waals surface area (Å²) >= 11 is 0. The van der Waals surface area contributed by atoms with Crippen LogP contribution in [0.1, 0.15) is 81.1 Å². The van der Waals surface area contributed by atoms with E-state index in [9.17, 15) is 9.59 Å². The first-order chi connectivity index (χ1) is 16.1. The Bertz CT molecular complexity index is 853. The molecule has 0 bridgehead atoms. The second-order valence-corrected chi connectivity index (χ2v) is 7.95. The molecule has 5 nitrogen and oxygen atoms in total. The second kappa shape index (κ2) is 15.7. The molecule has 0 aliphatic rings. The summed E-state index contributed by atoms with van der Waals surface area (Å²) in [7, 11) is 0. The SMILES string of the molecule is CCCCCCOC(=O)/C=C/c1ccc(OC(=O)c2ccc(OCCCCCC)cc2)cc1. The lowest BCUT2D eigenvalue weighted by Gasteiger charge is -2.08. The molecule has 0 aromatic heterocycles. The lowest BCUT2D eigenvalue weighted by Crippen LogP contribution is -2.08. The van der Waals surface area contributed by atoms with Crippen LogP contribution in [0.3, 0.4) is 0 Å². The molecule has 2 aromatic carbocycles. The van der Waals surface area contributed by atoms with E-state index in [2.05, 4.69) is 13.8 Å². The first-order valence-electron chi connectivity index (χ1n) is 12.0. The third-order valence-corrected chi connectivity index (χ3v) is 5.10. The summed E-state index contributed by atoms with van der Waals surface area (Å²) in [4.78, 5) is 24.1. The molecule has 0 spiro atoms. The smallest absolute Gasteiger partial charge is 0.343 e. The number of ether oxygens (including phenoxy) is 3. The molecule has 5 heteroatoms. The van der Waals surface area contributed by atoms with Crippen LogP contribution in [0, 0.1) is 0 Å². The average molecular weight is 453 g/mol. The number of rotatable bonds is 15. The Morgan fingerprint density at radius 1 is 0.727 bits per heavy atom. The maximum Gasteiger partial charge on any atom is 0.343 e. The van der Waals surface area contributed by atoms with Gasteiger partial charge in [-0.2, -0.15) is 0 Å². The number of esters is 2. The molecule has 2 aromatic rings. The molecule has 0 saturated heterocycles. The van der Waals surface area contributed by atoms with Gasteiger partial charge in [-0.25, -0.2) is 9.59 Å². The van der Waals surface area contributed by atoms with E-state index in [-0.39, 0.29) is 5.97 Å². The number of hydrogen-bond donors (Lipinski definition) is 0. The van der Waals surface area contributed by atoms with Crippen LogP contribution in [-0.4, -0.2) is 25.2 Å². The fourth-order valence-electron chi connectivity index (χ4n) is 3.13. The van der Waals surface area contributed by atoms with E-state index in [4.69, 9.17) is 14.2 Å². The largest absolute Gasteiger partial charge is 0.494 e. The minimum atomic E-state index is -0.431. The zero-order valence-electron chi connectivity index (χ0n) is 19.9. The van der Waals surface area contributed by atoms with Crippen LogP contribution in [0.15, 0.2) is 54.6 Å². The van der Waals surface area contributed by atoms with Crippen molar-refractivity contribution >= 4 is 18.0 Å². The Morgan fingerprint density at radius 3 is 1.97 bits per heavy atom. The van der Waals surface area contributed by atoms with Crippen molar-refractivity contribution in [2.45, 2.75) is 65.2 Å². The molecule has 0 fully saturated rings. The summed E-state index contributed by atoms with van der Waals surface area (Å²) < 4.78 is 16.3. The van der Waals surface area contributed by atoms with Crippen molar-refractivity contribution in [1.82, 2.24) is 0 Å². The van der Waals surface area contributed by atoms with Gasteiger partial charge in [-0.3, -0.25) is 0 Å². The number of carbonyl (C=O) groups is 2. The number of hydrogen-bond acceptors (Lipinski definition) is 5. The molecular formula is C28H36O5. The highest BCUT2D eigenvalue weighted by Gasteiger charge is 2.09. The van der Waals surface area contributed by atoms with Crippen LogP contribution in [0.2, 0.25) is 0 Å². The minimum Gasteiger partial charge on any atom is -0.494 e. The maximum absolute atomic E-state index is 12.4. The maximum atomic E-state index is 12.4. The zero-order valence-corrected chi connectivity index (χ0v) is 19.9. The van der Waals surface area contributed by atoms with E-state index in [1.165, 1.54) is 25.3 Å². The fourth-order valence-corrected chi connectivity index (χ4v) is 3.13. The molecule has 33 heavy (non-hydrogen) atoms. The molecule has 0 amide bonds. The molecule has 0 aliphatic carbocycles. The molecular weight excluding hydrogens is 416 g/mol. The summed E-state index contributed by atoms with van der Waals surface area (Å²) in [6.07, 6.45) is 12.0. The molecule has 178 valence electrons. The van der Waals surface area contributed by atoms with Gasteiger partial charge in [0.15, 0.2) is 0 Å². The first-order valence-corrected chi connectivity index (χ1v) is 12.0.